The van der Waals surface area contributed by atoms with E-state index in [-0.39, 0.29) is 11.8 Å². The van der Waals surface area contributed by atoms with Crippen molar-refractivity contribution in [1.82, 2.24) is 24.9 Å². The van der Waals surface area contributed by atoms with Gasteiger partial charge in [0.15, 0.2) is 5.69 Å². The van der Waals surface area contributed by atoms with Crippen LogP contribution in [0.1, 0.15) is 71.3 Å². The summed E-state index contributed by atoms with van der Waals surface area (Å²) in [6, 6.07) is 7.85. The Kier molecular flexibility index (Phi) is 7.17. The number of likely N-dealkylation sites (tertiary alicyclic amines) is 1. The molecule has 0 aliphatic carbocycles. The minimum absolute atomic E-state index is 0.0223. The Bertz CT molecular complexity index is 987. The van der Waals surface area contributed by atoms with E-state index in [2.05, 4.69) is 29.2 Å². The van der Waals surface area contributed by atoms with Crippen LogP contribution in [0, 0.1) is 11.8 Å². The third-order valence-corrected chi connectivity index (χ3v) is 6.84. The highest BCUT2D eigenvalue weighted by molar-refractivity contribution is 5.94. The first-order chi connectivity index (χ1) is 15.9. The van der Waals surface area contributed by atoms with Gasteiger partial charge in [-0.2, -0.15) is 5.10 Å². The summed E-state index contributed by atoms with van der Waals surface area (Å²) < 4.78 is 1.90. The molecule has 178 valence electrons. The zero-order valence-corrected chi connectivity index (χ0v) is 20.4. The average Bonchev–Trinajstić information content (AvgIpc) is 3.12. The van der Waals surface area contributed by atoms with E-state index >= 15 is 0 Å². The van der Waals surface area contributed by atoms with Crippen molar-refractivity contribution >= 4 is 11.8 Å². The van der Waals surface area contributed by atoms with Crippen LogP contribution in [0.4, 0.5) is 0 Å². The van der Waals surface area contributed by atoms with Gasteiger partial charge in [-0.15, -0.1) is 0 Å². The fourth-order valence-corrected chi connectivity index (χ4v) is 5.29. The number of hydrogen-bond donors (Lipinski definition) is 1. The number of fused-ring (bicyclic) bond motifs is 1. The van der Waals surface area contributed by atoms with Crippen LogP contribution in [0.5, 0.6) is 0 Å². The van der Waals surface area contributed by atoms with Gasteiger partial charge in [0, 0.05) is 69.6 Å². The second-order valence-corrected chi connectivity index (χ2v) is 9.97. The van der Waals surface area contributed by atoms with E-state index in [1.807, 2.05) is 47.8 Å². The Labute approximate surface area is 197 Å². The summed E-state index contributed by atoms with van der Waals surface area (Å²) in [6.45, 7) is 11.3. The molecule has 2 aliphatic heterocycles. The van der Waals surface area contributed by atoms with E-state index in [4.69, 9.17) is 0 Å². The van der Waals surface area contributed by atoms with Crippen LogP contribution in [-0.4, -0.2) is 57.6 Å². The molecule has 1 aromatic carbocycles. The highest BCUT2D eigenvalue weighted by Crippen LogP contribution is 2.27. The highest BCUT2D eigenvalue weighted by atomic mass is 16.2. The molecule has 7 heteroatoms. The monoisotopic (exact) mass is 451 g/mol. The molecule has 2 unspecified atom stereocenters. The molecule has 0 radical (unpaired) electrons. The van der Waals surface area contributed by atoms with Crippen molar-refractivity contribution in [2.75, 3.05) is 26.2 Å². The number of carbonyl (C=O) groups is 2. The molecule has 1 saturated heterocycles. The Balaban J connectivity index is 1.45. The third kappa shape index (κ3) is 5.29. The number of piperidine rings is 1. The van der Waals surface area contributed by atoms with E-state index in [1.165, 1.54) is 17.7 Å². The number of hydrogen-bond acceptors (Lipinski definition) is 4. The van der Waals surface area contributed by atoms with E-state index in [0.717, 1.165) is 51.1 Å². The molecule has 1 aromatic heterocycles. The molecule has 3 heterocycles. The Hall–Kier alpha value is -2.67. The molecule has 1 fully saturated rings. The normalized spacial score (nSPS) is 21.0. The molecule has 33 heavy (non-hydrogen) atoms. The van der Waals surface area contributed by atoms with Gasteiger partial charge in [0.25, 0.3) is 11.8 Å². The van der Waals surface area contributed by atoms with Crippen LogP contribution in [0.3, 0.4) is 0 Å². The van der Waals surface area contributed by atoms with Gasteiger partial charge in [-0.05, 0) is 42.4 Å². The summed E-state index contributed by atoms with van der Waals surface area (Å²) in [5, 5.41) is 7.59. The first-order valence-electron chi connectivity index (χ1n) is 12.3. The van der Waals surface area contributed by atoms with Crippen LogP contribution in [-0.2, 0) is 26.6 Å². The van der Waals surface area contributed by atoms with Gasteiger partial charge >= 0.3 is 0 Å². The average molecular weight is 452 g/mol. The van der Waals surface area contributed by atoms with Crippen molar-refractivity contribution in [3.8, 4) is 0 Å². The first kappa shape index (κ1) is 23.5. The van der Waals surface area contributed by atoms with Crippen LogP contribution >= 0.6 is 0 Å². The highest BCUT2D eigenvalue weighted by Gasteiger charge is 2.32. The van der Waals surface area contributed by atoms with E-state index in [0.29, 0.717) is 29.6 Å². The van der Waals surface area contributed by atoms with E-state index in [1.54, 1.807) is 0 Å². The number of rotatable bonds is 6. The molecule has 2 aromatic rings. The van der Waals surface area contributed by atoms with Crippen LogP contribution < -0.4 is 5.32 Å². The number of aromatic nitrogens is 2. The van der Waals surface area contributed by atoms with Crippen LogP contribution in [0.15, 0.2) is 24.3 Å². The predicted octanol–water partition coefficient (Wildman–Crippen LogP) is 3.24. The molecule has 1 N–H and O–H groups in total. The topological polar surface area (TPSA) is 70.5 Å². The first-order valence-corrected chi connectivity index (χ1v) is 12.3. The fraction of sp³-hybridized carbons (Fsp3) is 0.577. The van der Waals surface area contributed by atoms with Crippen molar-refractivity contribution in [2.45, 2.75) is 53.1 Å². The summed E-state index contributed by atoms with van der Waals surface area (Å²) in [4.78, 5) is 29.9. The minimum atomic E-state index is -0.0223. The van der Waals surface area contributed by atoms with Gasteiger partial charge in [-0.3, -0.25) is 19.2 Å². The molecule has 0 spiro atoms. The number of aryl methyl sites for hydroxylation is 1. The number of benzene rings is 1. The van der Waals surface area contributed by atoms with E-state index < -0.39 is 0 Å². The fourth-order valence-electron chi connectivity index (χ4n) is 5.29. The summed E-state index contributed by atoms with van der Waals surface area (Å²) in [7, 11) is 1.95. The second-order valence-electron chi connectivity index (χ2n) is 9.97. The van der Waals surface area contributed by atoms with Gasteiger partial charge in [0.2, 0.25) is 0 Å². The largest absolute Gasteiger partial charge is 0.352 e. The van der Waals surface area contributed by atoms with Crippen LogP contribution in [0.25, 0.3) is 0 Å². The number of nitrogens with one attached hydrogen (secondary N) is 1. The molecular weight excluding hydrogens is 414 g/mol. The molecular formula is C26H37N5O2. The third-order valence-electron chi connectivity index (χ3n) is 6.84. The molecule has 2 aliphatic rings. The van der Waals surface area contributed by atoms with Gasteiger partial charge in [0.05, 0.1) is 0 Å². The Morgan fingerprint density at radius 3 is 2.48 bits per heavy atom. The molecule has 4 rings (SSSR count). The molecule has 7 nitrogen and oxygen atoms in total. The minimum Gasteiger partial charge on any atom is -0.352 e. The number of carbonyl (C=O) groups excluding carboxylic acids is 2. The molecule has 2 atom stereocenters. The zero-order valence-electron chi connectivity index (χ0n) is 20.4. The SMILES string of the molecule is CCCNC(=O)c1ccc(CN2CCc3c(c(C(=O)N4CC(C)CC(C)C4)nn3C)C2)cc1. The van der Waals surface area contributed by atoms with Crippen molar-refractivity contribution in [1.29, 1.82) is 0 Å². The van der Waals surface area contributed by atoms with Gasteiger partial charge < -0.3 is 10.2 Å². The smallest absolute Gasteiger partial charge is 0.274 e. The Morgan fingerprint density at radius 2 is 1.82 bits per heavy atom. The Morgan fingerprint density at radius 1 is 1.12 bits per heavy atom. The van der Waals surface area contributed by atoms with Gasteiger partial charge in [-0.1, -0.05) is 32.9 Å². The quantitative estimate of drug-likeness (QED) is 0.732. The summed E-state index contributed by atoms with van der Waals surface area (Å²) in [6.07, 6.45) is 2.99. The maximum atomic E-state index is 13.4. The van der Waals surface area contributed by atoms with Crippen molar-refractivity contribution in [3.63, 3.8) is 0 Å². The van der Waals surface area contributed by atoms with Gasteiger partial charge in [0.1, 0.15) is 0 Å². The number of nitrogens with zero attached hydrogens (tertiary/aromatic N) is 4. The summed E-state index contributed by atoms with van der Waals surface area (Å²) in [5.74, 6) is 1.11. The second kappa shape index (κ2) is 10.1. The lowest BCUT2D eigenvalue weighted by Crippen LogP contribution is -2.43. The molecule has 2 amide bonds. The lowest BCUT2D eigenvalue weighted by Gasteiger charge is -2.35. The van der Waals surface area contributed by atoms with E-state index in [9.17, 15) is 9.59 Å². The lowest BCUT2D eigenvalue weighted by molar-refractivity contribution is 0.0614. The standard InChI is InChI=1S/C26H37N5O2/c1-5-11-27-25(32)21-8-6-20(7-9-21)16-30-12-10-23-22(17-30)24(28-29(23)4)26(33)31-14-18(2)13-19(3)15-31/h6-9,18-19H,5,10-17H2,1-4H3,(H,27,32). The maximum absolute atomic E-state index is 13.4. The zero-order chi connectivity index (χ0) is 23.5. The summed E-state index contributed by atoms with van der Waals surface area (Å²) in [5.41, 5.74) is 4.74. The lowest BCUT2D eigenvalue weighted by atomic mass is 9.91. The number of amides is 2. The van der Waals surface area contributed by atoms with Crippen molar-refractivity contribution in [3.05, 3.63) is 52.3 Å². The predicted molar refractivity (Wildman–Crippen MR) is 129 cm³/mol. The molecule has 0 bridgehead atoms. The van der Waals surface area contributed by atoms with Gasteiger partial charge in [-0.25, -0.2) is 0 Å². The summed E-state index contributed by atoms with van der Waals surface area (Å²) >= 11 is 0. The van der Waals surface area contributed by atoms with Crippen molar-refractivity contribution in [2.24, 2.45) is 18.9 Å². The van der Waals surface area contributed by atoms with Crippen LogP contribution in [0.2, 0.25) is 0 Å². The maximum Gasteiger partial charge on any atom is 0.274 e. The van der Waals surface area contributed by atoms with Crippen molar-refractivity contribution < 1.29 is 9.59 Å². The molecule has 0 saturated carbocycles.